The zero-order valence-corrected chi connectivity index (χ0v) is 40.0. The number of fused-ring (bicyclic) bond motifs is 4. The molecule has 13 nitrogen and oxygen atoms in total. The minimum atomic E-state index is -2.26. The van der Waals surface area contributed by atoms with Crippen molar-refractivity contribution in [2.75, 3.05) is 27.6 Å². The molecule has 5 aliphatic carbocycles. The molecule has 69 heavy (non-hydrogen) atoms. The van der Waals surface area contributed by atoms with Gasteiger partial charge in [0, 0.05) is 18.5 Å². The molecule has 5 atom stereocenters. The van der Waals surface area contributed by atoms with Gasteiger partial charge >= 0.3 is 17.9 Å². The Bertz CT molecular complexity index is 2700. The normalized spacial score (nSPS) is 29.3. The number of rotatable bonds is 13. The third-order valence-electron chi connectivity index (χ3n) is 16.9. The number of phenols is 1. The van der Waals surface area contributed by atoms with Crippen molar-refractivity contribution in [1.29, 1.82) is 0 Å². The Morgan fingerprint density at radius 2 is 1.52 bits per heavy atom. The second-order valence-corrected chi connectivity index (χ2v) is 22.0. The molecule has 0 aromatic heterocycles. The molecule has 3 aliphatic heterocycles. The third-order valence-corrected chi connectivity index (χ3v) is 16.9. The molecule has 4 saturated carbocycles. The Balaban J connectivity index is 0.869. The molecule has 12 rings (SSSR count). The quantitative estimate of drug-likeness (QED) is 0.0860. The predicted molar refractivity (Wildman–Crippen MR) is 254 cm³/mol. The highest BCUT2D eigenvalue weighted by atomic mass is 16.7. The van der Waals surface area contributed by atoms with Crippen LogP contribution in [0.2, 0.25) is 0 Å². The molecular formula is C56H63NO12. The van der Waals surface area contributed by atoms with E-state index in [1.54, 1.807) is 26.0 Å². The van der Waals surface area contributed by atoms with Crippen molar-refractivity contribution in [2.24, 2.45) is 17.8 Å². The van der Waals surface area contributed by atoms with Crippen LogP contribution in [0.5, 0.6) is 17.2 Å². The van der Waals surface area contributed by atoms with Gasteiger partial charge in [-0.1, -0.05) is 24.3 Å². The zero-order valence-electron chi connectivity index (χ0n) is 40.0. The molecule has 2 unspecified atom stereocenters. The molecule has 4 aromatic rings. The lowest BCUT2D eigenvalue weighted by molar-refractivity contribution is -0.179. The van der Waals surface area contributed by atoms with E-state index in [9.17, 15) is 29.7 Å². The van der Waals surface area contributed by atoms with Gasteiger partial charge in [-0.2, -0.15) is 0 Å². The van der Waals surface area contributed by atoms with Gasteiger partial charge in [-0.15, -0.1) is 0 Å². The number of aliphatic hydroxyl groups is 2. The van der Waals surface area contributed by atoms with Crippen LogP contribution in [0.3, 0.4) is 0 Å². The van der Waals surface area contributed by atoms with E-state index in [4.69, 9.17) is 28.4 Å². The maximum Gasteiger partial charge on any atom is 0.339 e. The Labute approximate surface area is 402 Å². The summed E-state index contributed by atoms with van der Waals surface area (Å²) in [5.74, 6) is 1.28. The van der Waals surface area contributed by atoms with Crippen molar-refractivity contribution in [3.8, 4) is 28.4 Å². The van der Waals surface area contributed by atoms with Crippen molar-refractivity contribution in [3.63, 3.8) is 0 Å². The largest absolute Gasteiger partial charge is 0.508 e. The standard InChI is InChI=1S/C56H63NO12/c1-53(2,62)13-5-15-56(63,30-48(59)65-4)52(61)69-50-46(64-3)29-55-14-6-16-57(55)47(24-40-23-44-45(67-31-66-44)25-41(40)49(50)55)68-51(60)36-9-7-35(8-10-36)37-11-12-38-22-43(58)42(21-39(38)20-37)54-26-32-17-33(27-54)19-34(18-32)28-54/h7-12,20-23,25,29,32-34,47,49-50,58,62-63H,5-6,13-19,24,26-28,30-31H2,1-4H3/t32?,33?,34?,47?,49-,50-,54?,55+,56?/m1/s1. The van der Waals surface area contributed by atoms with Crippen LogP contribution in [0.15, 0.2) is 78.6 Å². The van der Waals surface area contributed by atoms with Gasteiger partial charge in [-0.05, 0) is 189 Å². The van der Waals surface area contributed by atoms with Crippen molar-refractivity contribution < 1.29 is 58.1 Å². The predicted octanol–water partition coefficient (Wildman–Crippen LogP) is 8.76. The molecule has 0 amide bonds. The van der Waals surface area contributed by atoms with Gasteiger partial charge in [0.05, 0.1) is 43.3 Å². The summed E-state index contributed by atoms with van der Waals surface area (Å²) in [6.07, 6.45) is 9.06. The van der Waals surface area contributed by atoms with Crippen LogP contribution in [0.1, 0.15) is 124 Å². The summed E-state index contributed by atoms with van der Waals surface area (Å²) >= 11 is 0. The Morgan fingerprint density at radius 1 is 0.826 bits per heavy atom. The van der Waals surface area contributed by atoms with Crippen LogP contribution in [-0.2, 0) is 40.4 Å². The van der Waals surface area contributed by atoms with E-state index < -0.39 is 59.3 Å². The number of hydrogen-bond acceptors (Lipinski definition) is 13. The number of esters is 3. The molecule has 3 heterocycles. The first kappa shape index (κ1) is 45.8. The minimum Gasteiger partial charge on any atom is -0.508 e. The second-order valence-electron chi connectivity index (χ2n) is 22.0. The summed E-state index contributed by atoms with van der Waals surface area (Å²) < 4.78 is 35.5. The number of methoxy groups -OCH3 is 2. The molecule has 1 saturated heterocycles. The van der Waals surface area contributed by atoms with Crippen molar-refractivity contribution >= 4 is 28.7 Å². The number of nitrogens with zero attached hydrogens (tertiary/aromatic N) is 1. The van der Waals surface area contributed by atoms with Crippen molar-refractivity contribution in [2.45, 2.75) is 138 Å². The minimum absolute atomic E-state index is 0.0332. The first-order chi connectivity index (χ1) is 33.1. The highest BCUT2D eigenvalue weighted by molar-refractivity contribution is 5.92. The van der Waals surface area contributed by atoms with Crippen LogP contribution in [0.4, 0.5) is 0 Å². The highest BCUT2D eigenvalue weighted by Gasteiger charge is 2.61. The van der Waals surface area contributed by atoms with Crippen LogP contribution in [0, 0.1) is 17.8 Å². The van der Waals surface area contributed by atoms with Gasteiger partial charge in [0.1, 0.15) is 11.5 Å². The number of aromatic hydroxyl groups is 1. The molecule has 1 spiro atoms. The van der Waals surface area contributed by atoms with E-state index in [1.165, 1.54) is 52.7 Å². The van der Waals surface area contributed by atoms with Gasteiger partial charge in [-0.25, -0.2) is 9.59 Å². The van der Waals surface area contributed by atoms with Gasteiger partial charge in [0.15, 0.2) is 29.4 Å². The Kier molecular flexibility index (Phi) is 11.3. The molecule has 0 radical (unpaired) electrons. The molecule has 364 valence electrons. The number of carbonyl (C=O) groups excluding carboxylic acids is 3. The van der Waals surface area contributed by atoms with Gasteiger partial charge in [0.2, 0.25) is 6.79 Å². The topological polar surface area (TPSA) is 171 Å². The highest BCUT2D eigenvalue weighted by Crippen LogP contribution is 2.62. The Morgan fingerprint density at radius 3 is 2.20 bits per heavy atom. The van der Waals surface area contributed by atoms with Crippen LogP contribution >= 0.6 is 0 Å². The first-order valence-electron chi connectivity index (χ1n) is 24.8. The molecule has 4 bridgehead atoms. The maximum atomic E-state index is 14.4. The lowest BCUT2D eigenvalue weighted by atomic mass is 9.48. The van der Waals surface area contributed by atoms with E-state index in [2.05, 4.69) is 29.2 Å². The summed E-state index contributed by atoms with van der Waals surface area (Å²) in [4.78, 5) is 43.5. The molecular weight excluding hydrogens is 879 g/mol. The van der Waals surface area contributed by atoms with E-state index in [0.29, 0.717) is 48.0 Å². The summed E-state index contributed by atoms with van der Waals surface area (Å²) in [7, 11) is 2.69. The van der Waals surface area contributed by atoms with Crippen LogP contribution in [-0.4, -0.2) is 94.8 Å². The van der Waals surface area contributed by atoms with Crippen molar-refractivity contribution in [1.82, 2.24) is 4.90 Å². The monoisotopic (exact) mass is 941 g/mol. The fourth-order valence-corrected chi connectivity index (χ4v) is 14.2. The number of benzene rings is 4. The SMILES string of the molecule is COC(=O)CC(O)(CCCC(C)(C)O)C(=O)O[C@@H]1C(OC)=C[C@]23CCCN2C(OC(=O)c2ccc(-c4ccc5cc(O)c(C67CC8CC(CC(C8)C6)C7)cc5c4)cc2)Cc2cc4c(cc2[C@H]13)OCO4. The number of phenolic OH excluding ortho intramolecular Hbond substituents is 1. The van der Waals surface area contributed by atoms with Crippen LogP contribution < -0.4 is 9.47 Å². The van der Waals surface area contributed by atoms with E-state index in [0.717, 1.165) is 62.8 Å². The zero-order chi connectivity index (χ0) is 48.0. The maximum absolute atomic E-state index is 14.4. The second kappa shape index (κ2) is 17.1. The summed E-state index contributed by atoms with van der Waals surface area (Å²) in [5.41, 5.74) is 0.984. The van der Waals surface area contributed by atoms with E-state index in [-0.39, 0.29) is 31.5 Å². The van der Waals surface area contributed by atoms with E-state index >= 15 is 0 Å². The Hall–Kier alpha value is -5.63. The van der Waals surface area contributed by atoms with Gasteiger partial charge in [0.25, 0.3) is 0 Å². The average Bonchev–Trinajstić information content (AvgIpc) is 4.02. The smallest absolute Gasteiger partial charge is 0.339 e. The first-order valence-corrected chi connectivity index (χ1v) is 24.8. The van der Waals surface area contributed by atoms with Gasteiger partial charge < -0.3 is 43.7 Å². The average molecular weight is 942 g/mol. The molecule has 4 aromatic carbocycles. The van der Waals surface area contributed by atoms with Crippen molar-refractivity contribution in [3.05, 3.63) is 101 Å². The lowest BCUT2D eigenvalue weighted by Gasteiger charge is -2.57. The van der Waals surface area contributed by atoms with Gasteiger partial charge in [-0.3, -0.25) is 9.69 Å². The fourth-order valence-electron chi connectivity index (χ4n) is 14.2. The number of hydrogen-bond donors (Lipinski definition) is 3. The van der Waals surface area contributed by atoms with E-state index in [1.807, 2.05) is 36.4 Å². The van der Waals surface area contributed by atoms with Crippen LogP contribution in [0.25, 0.3) is 21.9 Å². The molecule has 3 N–H and O–H groups in total. The fraction of sp³-hybridized carbons (Fsp3) is 0.518. The summed E-state index contributed by atoms with van der Waals surface area (Å²) in [6, 6.07) is 21.8. The summed E-state index contributed by atoms with van der Waals surface area (Å²) in [6.45, 7) is 3.87. The number of ether oxygens (including phenoxy) is 6. The summed E-state index contributed by atoms with van der Waals surface area (Å²) in [5, 5.41) is 35.8. The molecule has 8 aliphatic rings. The molecule has 5 fully saturated rings. The third kappa shape index (κ3) is 8.11. The molecule has 13 heteroatoms. The number of carbonyl (C=O) groups is 3. The lowest BCUT2D eigenvalue weighted by Crippen LogP contribution is -2.53.